The monoisotopic (exact) mass is 509 g/mol. The molecule has 1 N–H and O–H groups in total. The van der Waals surface area contributed by atoms with Crippen LogP contribution in [0.1, 0.15) is 32.3 Å². The number of halogens is 1. The molecule has 0 aliphatic heterocycles. The number of carbonyl (C=O) groups is 2. The number of nitrogens with zero attached hydrogens (tertiary/aromatic N) is 2. The number of rotatable bonds is 12. The van der Waals surface area contributed by atoms with Gasteiger partial charge in [0.05, 0.1) is 19.1 Å². The van der Waals surface area contributed by atoms with Gasteiger partial charge in [0.1, 0.15) is 11.8 Å². The van der Waals surface area contributed by atoms with E-state index in [-0.39, 0.29) is 37.7 Å². The molecule has 1 atom stereocenters. The lowest BCUT2D eigenvalue weighted by molar-refractivity contribution is -0.140. The molecule has 0 saturated heterocycles. The van der Waals surface area contributed by atoms with E-state index in [1.807, 2.05) is 19.1 Å². The van der Waals surface area contributed by atoms with Gasteiger partial charge in [0.2, 0.25) is 21.8 Å². The summed E-state index contributed by atoms with van der Waals surface area (Å²) in [5, 5.41) is 3.17. The number of amides is 2. The van der Waals surface area contributed by atoms with Crippen molar-refractivity contribution in [1.29, 1.82) is 0 Å². The number of nitrogens with one attached hydrogen (secondary N) is 1. The quantitative estimate of drug-likeness (QED) is 0.472. The third-order valence-electron chi connectivity index (χ3n) is 5.28. The van der Waals surface area contributed by atoms with Crippen LogP contribution in [0.4, 0.5) is 5.69 Å². The number of sulfonamides is 1. The topological polar surface area (TPSA) is 96.0 Å². The van der Waals surface area contributed by atoms with Gasteiger partial charge in [0.25, 0.3) is 0 Å². The highest BCUT2D eigenvalue weighted by Gasteiger charge is 2.26. The molecule has 0 aliphatic carbocycles. The van der Waals surface area contributed by atoms with Crippen molar-refractivity contribution in [2.75, 3.05) is 30.8 Å². The smallest absolute Gasteiger partial charge is 0.242 e. The molecule has 10 heteroatoms. The van der Waals surface area contributed by atoms with Crippen LogP contribution in [0.2, 0.25) is 5.02 Å². The molecule has 2 amide bonds. The van der Waals surface area contributed by atoms with Crippen molar-refractivity contribution in [2.24, 2.45) is 0 Å². The maximum atomic E-state index is 13.2. The van der Waals surface area contributed by atoms with Gasteiger partial charge >= 0.3 is 0 Å². The van der Waals surface area contributed by atoms with Crippen molar-refractivity contribution in [1.82, 2.24) is 10.2 Å². The van der Waals surface area contributed by atoms with Gasteiger partial charge in [-0.2, -0.15) is 0 Å². The molecule has 0 fully saturated rings. The van der Waals surface area contributed by atoms with Gasteiger partial charge < -0.3 is 15.0 Å². The summed E-state index contributed by atoms with van der Waals surface area (Å²) >= 11 is 6.02. The van der Waals surface area contributed by atoms with Gasteiger partial charge in [-0.25, -0.2) is 8.42 Å². The van der Waals surface area contributed by atoms with Crippen molar-refractivity contribution in [3.05, 3.63) is 59.1 Å². The molecule has 0 saturated carbocycles. The van der Waals surface area contributed by atoms with Crippen LogP contribution in [0.25, 0.3) is 0 Å². The largest absolute Gasteiger partial charge is 0.497 e. The van der Waals surface area contributed by atoms with E-state index in [1.165, 1.54) is 9.21 Å². The van der Waals surface area contributed by atoms with Gasteiger partial charge in [0, 0.05) is 31.1 Å². The van der Waals surface area contributed by atoms with E-state index in [0.29, 0.717) is 23.0 Å². The molecular weight excluding hydrogens is 478 g/mol. The Balaban J connectivity index is 2.15. The number of hydrogen-bond acceptors (Lipinski definition) is 5. The van der Waals surface area contributed by atoms with Gasteiger partial charge in [-0.05, 0) is 56.2 Å². The molecule has 2 aromatic rings. The number of likely N-dealkylation sites (N-methyl/N-ethyl adjacent to an activating group) is 1. The lowest BCUT2D eigenvalue weighted by atomic mass is 10.1. The average Bonchev–Trinajstić information content (AvgIpc) is 2.79. The van der Waals surface area contributed by atoms with Gasteiger partial charge in [-0.1, -0.05) is 29.8 Å². The zero-order valence-corrected chi connectivity index (χ0v) is 21.5. The van der Waals surface area contributed by atoms with E-state index in [0.717, 1.165) is 11.8 Å². The van der Waals surface area contributed by atoms with E-state index in [4.69, 9.17) is 16.3 Å². The van der Waals surface area contributed by atoms with E-state index in [2.05, 4.69) is 5.32 Å². The van der Waals surface area contributed by atoms with Crippen molar-refractivity contribution in [3.63, 3.8) is 0 Å². The van der Waals surface area contributed by atoms with Crippen LogP contribution in [0, 0.1) is 0 Å². The molecule has 8 nitrogen and oxygen atoms in total. The highest BCUT2D eigenvalue weighted by Crippen LogP contribution is 2.23. The first kappa shape index (κ1) is 27.5. The number of methoxy groups -OCH3 is 1. The lowest BCUT2D eigenvalue weighted by Gasteiger charge is -2.29. The summed E-state index contributed by atoms with van der Waals surface area (Å²) in [6.07, 6.45) is 1.47. The van der Waals surface area contributed by atoms with Crippen LogP contribution in [-0.2, 0) is 26.2 Å². The Morgan fingerprint density at radius 1 is 1.15 bits per heavy atom. The highest BCUT2D eigenvalue weighted by molar-refractivity contribution is 7.92. The summed E-state index contributed by atoms with van der Waals surface area (Å²) in [6, 6.07) is 13.1. The summed E-state index contributed by atoms with van der Waals surface area (Å²) in [6.45, 7) is 4.30. The maximum Gasteiger partial charge on any atom is 0.242 e. The van der Waals surface area contributed by atoms with Crippen molar-refractivity contribution in [3.8, 4) is 5.75 Å². The first-order chi connectivity index (χ1) is 16.1. The highest BCUT2D eigenvalue weighted by atomic mass is 35.5. The summed E-state index contributed by atoms with van der Waals surface area (Å²) < 4.78 is 31.1. The number of ether oxygens (including phenoxy) is 1. The minimum Gasteiger partial charge on any atom is -0.497 e. The number of carbonyl (C=O) groups excluding carboxylic acids is 2. The molecular formula is C24H32ClN3O5S. The predicted molar refractivity (Wildman–Crippen MR) is 135 cm³/mol. The van der Waals surface area contributed by atoms with Crippen molar-refractivity contribution >= 4 is 39.1 Å². The maximum absolute atomic E-state index is 13.2. The molecule has 0 unspecified atom stereocenters. The number of anilines is 1. The molecule has 0 aromatic heterocycles. The average molecular weight is 510 g/mol. The third kappa shape index (κ3) is 7.92. The summed E-state index contributed by atoms with van der Waals surface area (Å²) in [4.78, 5) is 27.2. The number of hydrogen-bond donors (Lipinski definition) is 1. The van der Waals surface area contributed by atoms with Gasteiger partial charge in [-0.15, -0.1) is 0 Å². The second kappa shape index (κ2) is 12.6. The number of benzene rings is 2. The Morgan fingerprint density at radius 3 is 2.38 bits per heavy atom. The fraction of sp³-hybridized carbons (Fsp3) is 0.417. The second-order valence-corrected chi connectivity index (χ2v) is 10.2. The van der Waals surface area contributed by atoms with E-state index < -0.39 is 16.1 Å². The zero-order chi connectivity index (χ0) is 25.3. The van der Waals surface area contributed by atoms with Crippen molar-refractivity contribution < 1.29 is 22.7 Å². The van der Waals surface area contributed by atoms with E-state index in [9.17, 15) is 18.0 Å². The van der Waals surface area contributed by atoms with Crippen LogP contribution in [0.3, 0.4) is 0 Å². The van der Waals surface area contributed by atoms with Gasteiger partial charge in [-0.3, -0.25) is 13.9 Å². The van der Waals surface area contributed by atoms with Crippen LogP contribution in [0.5, 0.6) is 5.75 Å². The minimum atomic E-state index is -3.57. The normalized spacial score (nSPS) is 12.0. The molecule has 2 rings (SSSR count). The van der Waals surface area contributed by atoms with Crippen LogP contribution in [-0.4, -0.2) is 57.6 Å². The molecule has 0 radical (unpaired) electrons. The Kier molecular flexibility index (Phi) is 10.2. The minimum absolute atomic E-state index is 0.0759. The summed E-state index contributed by atoms with van der Waals surface area (Å²) in [7, 11) is -2.00. The third-order valence-corrected chi connectivity index (χ3v) is 6.71. The van der Waals surface area contributed by atoms with Crippen LogP contribution < -0.4 is 14.4 Å². The summed E-state index contributed by atoms with van der Waals surface area (Å²) in [5.41, 5.74) is 1.29. The Bertz CT molecular complexity index is 1080. The van der Waals surface area contributed by atoms with E-state index >= 15 is 0 Å². The first-order valence-electron chi connectivity index (χ1n) is 11.0. The van der Waals surface area contributed by atoms with Crippen LogP contribution >= 0.6 is 11.6 Å². The molecule has 0 heterocycles. The van der Waals surface area contributed by atoms with Crippen molar-refractivity contribution in [2.45, 2.75) is 39.3 Å². The molecule has 2 aromatic carbocycles. The SMILES string of the molecule is CCNC(=O)[C@H](C)N(Cc1ccc(OC)cc1)C(=O)CCCN(c1cccc(Cl)c1)S(C)(=O)=O. The molecule has 0 aliphatic rings. The standard InChI is InChI=1S/C24H32ClN3O5S/c1-5-26-24(30)18(2)27(17-19-11-13-22(33-3)14-12-19)23(29)10-7-15-28(34(4,31)32)21-9-6-8-20(25)16-21/h6,8-9,11-14,16,18H,5,7,10,15,17H2,1-4H3,(H,26,30)/t18-/m0/s1. The zero-order valence-electron chi connectivity index (χ0n) is 20.0. The predicted octanol–water partition coefficient (Wildman–Crippen LogP) is 3.45. The molecule has 34 heavy (non-hydrogen) atoms. The molecule has 0 spiro atoms. The second-order valence-electron chi connectivity index (χ2n) is 7.86. The Hall–Kier alpha value is -2.78. The lowest BCUT2D eigenvalue weighted by Crippen LogP contribution is -2.47. The fourth-order valence-electron chi connectivity index (χ4n) is 3.47. The van der Waals surface area contributed by atoms with Crippen LogP contribution in [0.15, 0.2) is 48.5 Å². The molecule has 186 valence electrons. The summed E-state index contributed by atoms with van der Waals surface area (Å²) in [5.74, 6) is 0.204. The fourth-order valence-corrected chi connectivity index (χ4v) is 4.61. The first-order valence-corrected chi connectivity index (χ1v) is 13.2. The Labute approximate surface area is 206 Å². The van der Waals surface area contributed by atoms with Gasteiger partial charge in [0.15, 0.2) is 0 Å². The molecule has 0 bridgehead atoms. The van der Waals surface area contributed by atoms with E-state index in [1.54, 1.807) is 50.4 Å². The Morgan fingerprint density at radius 2 is 1.82 bits per heavy atom.